The van der Waals surface area contributed by atoms with Gasteiger partial charge in [0.05, 0.1) is 99.1 Å². The zero-order valence-electron chi connectivity index (χ0n) is 76.5. The van der Waals surface area contributed by atoms with Gasteiger partial charge in [-0.05, 0) is 103 Å². The first-order valence-corrected chi connectivity index (χ1v) is 43.9. The van der Waals surface area contributed by atoms with Gasteiger partial charge in [0.15, 0.2) is 12.2 Å². The SMILES string of the molecule is CC[C@H](O)[C@@H](C)[C@H]1O[C@@H]1C[C@@](C)(O)/C=C/C=C(\C)[C@H]1OC(=O)C[C@H](O)CC[C@@](C)(OC)[C@@H](OC(=O)N2CCN(CCN3C(=O)C=CC3=O)CC2)/C=C/[C@@H]1C.CC[C@H](O)[C@@H](C)[C@H]1O[C@@H]1C[C@@](C)(O)/C=C/C=C(\C)[C@H]1OC(=O)C[C@H](O)CC[C@@](C)(OC)[C@@H](OC(=O)N2CCNCC2)/C=C/[C@@H]1C.O=C1C=CC(=O)N1CCO.O=CCN1C(=O)C=CC1=O.O=CCN1C(=O)C=CC1=O. The van der Waals surface area contributed by atoms with Crippen molar-refractivity contribution in [3.63, 3.8) is 0 Å². The van der Waals surface area contributed by atoms with E-state index in [0.29, 0.717) is 116 Å². The molecule has 20 atom stereocenters. The van der Waals surface area contributed by atoms with E-state index in [1.54, 1.807) is 79.4 Å². The van der Waals surface area contributed by atoms with E-state index < -0.39 is 119 Å². The molecule has 4 fully saturated rings. The average molecular weight is 1820 g/mol. The number of epoxide rings is 2. The van der Waals surface area contributed by atoms with Crippen molar-refractivity contribution < 1.29 is 141 Å². The Morgan fingerprint density at radius 2 is 0.876 bits per heavy atom. The lowest BCUT2D eigenvalue weighted by molar-refractivity contribution is -0.152. The molecule has 0 aromatic rings. The third-order valence-electron chi connectivity index (χ3n) is 24.2. The van der Waals surface area contributed by atoms with Gasteiger partial charge in [-0.3, -0.25) is 72.4 Å². The highest BCUT2D eigenvalue weighted by Gasteiger charge is 2.49. The molecule has 0 radical (unpaired) electrons. The fourth-order valence-corrected chi connectivity index (χ4v) is 15.4. The second kappa shape index (κ2) is 51.2. The van der Waals surface area contributed by atoms with Crippen LogP contribution in [0.4, 0.5) is 9.59 Å². The number of hydrogen-bond acceptors (Lipinski definition) is 31. The van der Waals surface area contributed by atoms with Crippen molar-refractivity contribution >= 4 is 84.0 Å². The summed E-state index contributed by atoms with van der Waals surface area (Å²) in [5.41, 5.74) is -2.83. The Labute approximate surface area is 754 Å². The minimum Gasteiger partial charge on any atom is -0.457 e. The molecule has 0 aromatic heterocycles. The van der Waals surface area contributed by atoms with Crippen molar-refractivity contribution in [3.05, 3.63) is 121 Å². The predicted molar refractivity (Wildman–Crippen MR) is 467 cm³/mol. The van der Waals surface area contributed by atoms with Gasteiger partial charge in [0.1, 0.15) is 36.0 Å². The number of piperazine rings is 2. The number of nitrogens with zero attached hydrogens (tertiary/aromatic N) is 7. The van der Waals surface area contributed by atoms with Gasteiger partial charge < -0.3 is 98.3 Å². The number of carbonyl (C=O) groups excluding carboxylic acids is 14. The van der Waals surface area contributed by atoms with Crippen LogP contribution in [0.1, 0.15) is 147 Å². The maximum Gasteiger partial charge on any atom is 0.410 e. The third-order valence-corrected chi connectivity index (χ3v) is 24.2. The molecule has 0 bridgehead atoms. The molecule has 0 aromatic carbocycles. The van der Waals surface area contributed by atoms with E-state index in [9.17, 15) is 97.8 Å². The molecule has 10 rings (SSSR count). The minimum absolute atomic E-state index is 0.00213. The summed E-state index contributed by atoms with van der Waals surface area (Å²) in [7, 11) is 3.08. The van der Waals surface area contributed by atoms with Crippen molar-refractivity contribution in [2.24, 2.45) is 23.7 Å². The predicted octanol–water partition coefficient (Wildman–Crippen LogP) is 3.30. The molecule has 10 amide bonds. The molecule has 37 heteroatoms. The van der Waals surface area contributed by atoms with Crippen LogP contribution in [0.15, 0.2) is 121 Å². The molecular weight excluding hydrogens is 1680 g/mol. The molecule has 4 saturated heterocycles. The van der Waals surface area contributed by atoms with Crippen LogP contribution in [0.2, 0.25) is 0 Å². The van der Waals surface area contributed by atoms with E-state index in [0.717, 1.165) is 44.6 Å². The van der Waals surface area contributed by atoms with Crippen molar-refractivity contribution in [3.8, 4) is 0 Å². The zero-order chi connectivity index (χ0) is 95.8. The number of aliphatic hydroxyl groups is 7. The van der Waals surface area contributed by atoms with E-state index in [1.807, 2.05) is 81.4 Å². The number of aldehydes is 2. The average Bonchev–Trinajstić information content (AvgIpc) is 1.67. The van der Waals surface area contributed by atoms with Crippen LogP contribution in [-0.4, -0.2) is 356 Å². The Kier molecular flexibility index (Phi) is 42.8. The van der Waals surface area contributed by atoms with E-state index in [1.165, 1.54) is 36.3 Å². The summed E-state index contributed by atoms with van der Waals surface area (Å²) in [5.74, 6) is -4.79. The number of nitrogens with one attached hydrogen (secondary N) is 1. The molecule has 37 nitrogen and oxygen atoms in total. The molecule has 8 N–H and O–H groups in total. The molecule has 0 unspecified atom stereocenters. The molecule has 0 spiro atoms. The number of allylic oxidation sites excluding steroid dienone is 4. The number of aliphatic hydroxyl groups excluding tert-OH is 5. The van der Waals surface area contributed by atoms with Crippen molar-refractivity contribution in [1.82, 2.24) is 39.6 Å². The first-order chi connectivity index (χ1) is 60.9. The molecule has 10 aliphatic heterocycles. The standard InChI is InChI=1S/C40H61N3O11.C34H56N2O9.C6H7NO3.2C6H5NO3/c1-8-30(45)28(4)37-31(52-37)25-39(5,50)16-9-10-26(2)36-27(3)11-12-32(40(6,51-7)17-15-29(44)24-35(48)54-36)53-38(49)42-21-18-41(19-22-42)20-23-43-33(46)13-14-34(43)47;1-8-26(38)24(4)31-27(43-31)21-33(5,41)14-9-10-22(2)30-23(3)11-12-28(44-32(40)36-18-16-35-17-19-36)34(6,42-7)15-13-25(37)20-29(39)45-30;3*8-4-3-7-5(9)1-2-6(7)10/h9-14,16,27-32,36-37,44-45,50H,8,15,17-25H2,1-7H3;9-12,14,23-28,30-31,35,37-38,41H,8,13,15-21H2,1-7H3;1-2,8H,3-4H2;2*1-2,4H,3H2/b12-11+,16-9+,26-10+;12-11+,14-9+,22-10+;;;/t27-,28+,29+,30-,31+,32-,36+,37+,39-,40+;23-,24+,25+,26-,27+,28-,30+,31+,33-,34+;;;/m00.../s1. The number of cyclic esters (lactones) is 2. The van der Waals surface area contributed by atoms with E-state index in [-0.39, 0.29) is 130 Å². The highest BCUT2D eigenvalue weighted by atomic mass is 16.6. The van der Waals surface area contributed by atoms with Crippen LogP contribution in [0.25, 0.3) is 0 Å². The van der Waals surface area contributed by atoms with Crippen LogP contribution in [0.3, 0.4) is 0 Å². The topological polar surface area (TPSA) is 496 Å². The quantitative estimate of drug-likeness (QED) is 0.0101. The summed E-state index contributed by atoms with van der Waals surface area (Å²) in [4.78, 5) is 169. The second-order valence-corrected chi connectivity index (χ2v) is 34.5. The lowest BCUT2D eigenvalue weighted by atomic mass is 9.88. The van der Waals surface area contributed by atoms with E-state index in [4.69, 9.17) is 43.0 Å². The summed E-state index contributed by atoms with van der Waals surface area (Å²) in [6.07, 6.45) is 23.7. The number of hydrogen-bond donors (Lipinski definition) is 8. The lowest BCUT2D eigenvalue weighted by Crippen LogP contribution is -2.52. The Balaban J connectivity index is 0.000000301. The first kappa shape index (κ1) is 108. The summed E-state index contributed by atoms with van der Waals surface area (Å²) in [6, 6.07) is 0. The van der Waals surface area contributed by atoms with Gasteiger partial charge in [-0.2, -0.15) is 0 Å². The van der Waals surface area contributed by atoms with Crippen molar-refractivity contribution in [1.29, 1.82) is 0 Å². The number of carbonyl (C=O) groups is 14. The fourth-order valence-electron chi connectivity index (χ4n) is 15.4. The first-order valence-electron chi connectivity index (χ1n) is 43.9. The molecule has 10 heterocycles. The second-order valence-electron chi connectivity index (χ2n) is 34.5. The van der Waals surface area contributed by atoms with Gasteiger partial charge in [0.25, 0.3) is 47.3 Å². The van der Waals surface area contributed by atoms with Gasteiger partial charge >= 0.3 is 24.1 Å². The minimum atomic E-state index is -1.17. The lowest BCUT2D eigenvalue weighted by Gasteiger charge is -2.39. The maximum absolute atomic E-state index is 13.5. The Bertz CT molecular complexity index is 4070. The fraction of sp³-hybridized carbons (Fsp3) is 0.630. The van der Waals surface area contributed by atoms with Crippen LogP contribution in [0.5, 0.6) is 0 Å². The molecule has 10 aliphatic rings. The Morgan fingerprint density at radius 1 is 0.535 bits per heavy atom. The third kappa shape index (κ3) is 33.6. The van der Waals surface area contributed by atoms with Gasteiger partial charge in [0.2, 0.25) is 0 Å². The summed E-state index contributed by atoms with van der Waals surface area (Å²) < 4.78 is 47.2. The van der Waals surface area contributed by atoms with E-state index >= 15 is 0 Å². The van der Waals surface area contributed by atoms with Crippen molar-refractivity contribution in [2.75, 3.05) is 106 Å². The number of imide groups is 4. The van der Waals surface area contributed by atoms with Gasteiger partial charge in [-0.25, -0.2) is 9.59 Å². The number of rotatable bonds is 29. The Morgan fingerprint density at radius 3 is 1.21 bits per heavy atom. The molecule has 0 aliphatic carbocycles. The van der Waals surface area contributed by atoms with Gasteiger partial charge in [-0.1, -0.05) is 90.2 Å². The van der Waals surface area contributed by atoms with Crippen LogP contribution in [0, 0.1) is 23.7 Å². The smallest absolute Gasteiger partial charge is 0.410 e. The highest BCUT2D eigenvalue weighted by Crippen LogP contribution is 2.40. The zero-order valence-corrected chi connectivity index (χ0v) is 76.5. The van der Waals surface area contributed by atoms with Gasteiger partial charge in [0, 0.05) is 165 Å². The Hall–Kier alpha value is -9.74. The molecule has 129 heavy (non-hydrogen) atoms. The largest absolute Gasteiger partial charge is 0.457 e. The van der Waals surface area contributed by atoms with E-state index in [2.05, 4.69) is 10.2 Å². The summed E-state index contributed by atoms with van der Waals surface area (Å²) in [5, 5.41) is 75.5. The molecular formula is C92H134N8O29. The number of esters is 2. The summed E-state index contributed by atoms with van der Waals surface area (Å²) >= 11 is 0. The number of β-amino-alcohol motifs (C(OH)–C–C–N with tert-alkyl or cyclic N) is 1. The summed E-state index contributed by atoms with van der Waals surface area (Å²) in [6.45, 7) is 27.0. The van der Waals surface area contributed by atoms with Crippen molar-refractivity contribution in [2.45, 2.75) is 243 Å². The maximum atomic E-state index is 13.5. The van der Waals surface area contributed by atoms with Crippen LogP contribution < -0.4 is 5.32 Å². The number of amides is 10. The van der Waals surface area contributed by atoms with Crippen LogP contribution in [-0.2, 0) is 95.4 Å². The highest BCUT2D eigenvalue weighted by molar-refractivity contribution is 6.15. The monoisotopic (exact) mass is 1810 g/mol. The normalized spacial score (nSPS) is 30.1. The molecule has 716 valence electrons. The molecule has 0 saturated carbocycles. The van der Waals surface area contributed by atoms with Gasteiger partial charge in [-0.15, -0.1) is 0 Å². The number of ether oxygens (including phenoxy) is 8. The number of methoxy groups -OCH3 is 2. The van der Waals surface area contributed by atoms with Crippen LogP contribution >= 0.6 is 0 Å².